The lowest BCUT2D eigenvalue weighted by Crippen LogP contribution is -2.15. The number of hydrogen-bond donors (Lipinski definition) is 1. The smallest absolute Gasteiger partial charge is 0.163 e. The van der Waals surface area contributed by atoms with E-state index in [2.05, 4.69) is 0 Å². The fraction of sp³-hybridized carbons (Fsp3) is 0.538. The van der Waals surface area contributed by atoms with E-state index in [1.54, 1.807) is 0 Å². The van der Waals surface area contributed by atoms with Crippen LogP contribution >= 0.6 is 0 Å². The second-order valence-electron chi connectivity index (χ2n) is 4.43. The lowest BCUT2D eigenvalue weighted by atomic mass is 9.90. The first-order chi connectivity index (χ1) is 7.75. The van der Waals surface area contributed by atoms with Gasteiger partial charge in [-0.15, -0.1) is 0 Å². The van der Waals surface area contributed by atoms with Crippen molar-refractivity contribution in [2.24, 2.45) is 5.92 Å². The van der Waals surface area contributed by atoms with Crippen molar-refractivity contribution >= 4 is 0 Å². The minimum Gasteiger partial charge on any atom is -0.504 e. The predicted octanol–water partition coefficient (Wildman–Crippen LogP) is 3.49. The lowest BCUT2D eigenvalue weighted by Gasteiger charge is -2.21. The molecule has 16 heavy (non-hydrogen) atoms. The minimum absolute atomic E-state index is 0.0113. The molecule has 2 rings (SSSR count). The van der Waals surface area contributed by atoms with E-state index in [1.807, 2.05) is 0 Å². The van der Waals surface area contributed by atoms with Crippen LogP contribution in [0.1, 0.15) is 32.1 Å². The van der Waals surface area contributed by atoms with Gasteiger partial charge in [0.25, 0.3) is 0 Å². The van der Waals surface area contributed by atoms with Crippen molar-refractivity contribution in [1.29, 1.82) is 0 Å². The Kier molecular flexibility index (Phi) is 3.65. The molecule has 1 fully saturated rings. The van der Waals surface area contributed by atoms with Crippen LogP contribution in [0.2, 0.25) is 0 Å². The number of ether oxygens (including phenoxy) is 1. The molecule has 1 aliphatic carbocycles. The van der Waals surface area contributed by atoms with Crippen LogP contribution in [-0.4, -0.2) is 11.7 Å². The van der Waals surface area contributed by atoms with Gasteiger partial charge in [-0.05, 0) is 30.9 Å². The summed E-state index contributed by atoms with van der Waals surface area (Å²) in [5, 5.41) is 9.47. The van der Waals surface area contributed by atoms with E-state index in [0.29, 0.717) is 12.5 Å². The van der Waals surface area contributed by atoms with Gasteiger partial charge in [-0.2, -0.15) is 0 Å². The summed E-state index contributed by atoms with van der Waals surface area (Å²) < 4.78 is 18.4. The molecule has 0 bridgehead atoms. The number of halogens is 1. The van der Waals surface area contributed by atoms with Crippen LogP contribution in [0, 0.1) is 11.7 Å². The SMILES string of the molecule is Oc1ccc(F)cc1OCC1CCCCC1. The summed E-state index contributed by atoms with van der Waals surface area (Å²) >= 11 is 0. The van der Waals surface area contributed by atoms with Gasteiger partial charge in [-0.3, -0.25) is 0 Å². The highest BCUT2D eigenvalue weighted by molar-refractivity contribution is 5.38. The quantitative estimate of drug-likeness (QED) is 0.851. The maximum Gasteiger partial charge on any atom is 0.163 e. The molecule has 0 unspecified atom stereocenters. The van der Waals surface area contributed by atoms with Crippen LogP contribution in [0.15, 0.2) is 18.2 Å². The zero-order valence-electron chi connectivity index (χ0n) is 9.29. The molecule has 0 saturated heterocycles. The molecule has 0 atom stereocenters. The summed E-state index contributed by atoms with van der Waals surface area (Å²) in [5.41, 5.74) is 0. The molecular weight excluding hydrogens is 207 g/mol. The van der Waals surface area contributed by atoms with Crippen LogP contribution < -0.4 is 4.74 Å². The van der Waals surface area contributed by atoms with Crippen molar-refractivity contribution < 1.29 is 14.2 Å². The van der Waals surface area contributed by atoms with Crippen molar-refractivity contribution in [3.05, 3.63) is 24.0 Å². The third kappa shape index (κ3) is 2.87. The molecule has 0 aliphatic heterocycles. The van der Waals surface area contributed by atoms with Gasteiger partial charge in [0.05, 0.1) is 6.61 Å². The summed E-state index contributed by atoms with van der Waals surface area (Å²) in [4.78, 5) is 0. The maximum absolute atomic E-state index is 12.9. The minimum atomic E-state index is -0.378. The highest BCUT2D eigenvalue weighted by Crippen LogP contribution is 2.29. The van der Waals surface area contributed by atoms with Gasteiger partial charge in [-0.1, -0.05) is 19.3 Å². The largest absolute Gasteiger partial charge is 0.504 e. The Balaban J connectivity index is 1.90. The molecule has 0 amide bonds. The third-order valence-electron chi connectivity index (χ3n) is 3.12. The van der Waals surface area contributed by atoms with Crippen LogP contribution in [0.4, 0.5) is 4.39 Å². The summed E-state index contributed by atoms with van der Waals surface area (Å²) in [6.07, 6.45) is 6.17. The van der Waals surface area contributed by atoms with Gasteiger partial charge in [0, 0.05) is 6.07 Å². The number of phenolic OH excluding ortho intramolecular Hbond substituents is 1. The average molecular weight is 224 g/mol. The first-order valence-electron chi connectivity index (χ1n) is 5.87. The van der Waals surface area contributed by atoms with Gasteiger partial charge in [0.2, 0.25) is 0 Å². The Bertz CT molecular complexity index is 346. The molecule has 88 valence electrons. The van der Waals surface area contributed by atoms with Gasteiger partial charge in [0.15, 0.2) is 11.5 Å². The molecule has 1 aromatic carbocycles. The second-order valence-corrected chi connectivity index (χ2v) is 4.43. The van der Waals surface area contributed by atoms with E-state index in [0.717, 1.165) is 0 Å². The van der Waals surface area contributed by atoms with E-state index in [-0.39, 0.29) is 17.3 Å². The fourth-order valence-corrected chi connectivity index (χ4v) is 2.17. The number of benzene rings is 1. The lowest BCUT2D eigenvalue weighted by molar-refractivity contribution is 0.202. The summed E-state index contributed by atoms with van der Waals surface area (Å²) in [5.74, 6) is 0.440. The van der Waals surface area contributed by atoms with E-state index in [4.69, 9.17) is 4.74 Å². The van der Waals surface area contributed by atoms with Crippen LogP contribution in [0.5, 0.6) is 11.5 Å². The monoisotopic (exact) mass is 224 g/mol. The molecule has 0 spiro atoms. The van der Waals surface area contributed by atoms with E-state index < -0.39 is 0 Å². The number of aromatic hydroxyl groups is 1. The molecule has 1 aromatic rings. The maximum atomic E-state index is 12.9. The molecule has 1 aliphatic rings. The fourth-order valence-electron chi connectivity index (χ4n) is 2.17. The Morgan fingerprint density at radius 2 is 2.00 bits per heavy atom. The van der Waals surface area contributed by atoms with Gasteiger partial charge >= 0.3 is 0 Å². The molecular formula is C13H17FO2. The highest BCUT2D eigenvalue weighted by atomic mass is 19.1. The van der Waals surface area contributed by atoms with Gasteiger partial charge < -0.3 is 9.84 Å². The van der Waals surface area contributed by atoms with Crippen molar-refractivity contribution in [2.75, 3.05) is 6.61 Å². The van der Waals surface area contributed by atoms with Crippen molar-refractivity contribution in [3.8, 4) is 11.5 Å². The Morgan fingerprint density at radius 1 is 1.25 bits per heavy atom. The number of phenols is 1. The third-order valence-corrected chi connectivity index (χ3v) is 3.12. The average Bonchev–Trinajstić information content (AvgIpc) is 2.32. The number of rotatable bonds is 3. The zero-order valence-corrected chi connectivity index (χ0v) is 9.29. The number of hydrogen-bond acceptors (Lipinski definition) is 2. The molecule has 2 nitrogen and oxygen atoms in total. The Morgan fingerprint density at radius 3 is 2.75 bits per heavy atom. The molecule has 1 saturated carbocycles. The Labute approximate surface area is 95.1 Å². The molecule has 0 radical (unpaired) electrons. The van der Waals surface area contributed by atoms with Gasteiger partial charge in [0.1, 0.15) is 5.82 Å². The topological polar surface area (TPSA) is 29.5 Å². The standard InChI is InChI=1S/C13H17FO2/c14-11-6-7-12(15)13(8-11)16-9-10-4-2-1-3-5-10/h6-8,10,15H,1-5,9H2. The molecule has 0 heterocycles. The summed E-state index contributed by atoms with van der Waals surface area (Å²) in [6.45, 7) is 0.580. The van der Waals surface area contributed by atoms with E-state index in [9.17, 15) is 9.50 Å². The van der Waals surface area contributed by atoms with Gasteiger partial charge in [-0.25, -0.2) is 4.39 Å². The summed E-state index contributed by atoms with van der Waals surface area (Å²) in [7, 11) is 0. The first-order valence-corrected chi connectivity index (χ1v) is 5.87. The zero-order chi connectivity index (χ0) is 11.4. The van der Waals surface area contributed by atoms with Crippen molar-refractivity contribution in [1.82, 2.24) is 0 Å². The molecule has 1 N–H and O–H groups in total. The van der Waals surface area contributed by atoms with Crippen LogP contribution in [0.3, 0.4) is 0 Å². The van der Waals surface area contributed by atoms with Crippen LogP contribution in [-0.2, 0) is 0 Å². The predicted molar refractivity (Wildman–Crippen MR) is 60.1 cm³/mol. The van der Waals surface area contributed by atoms with E-state index >= 15 is 0 Å². The van der Waals surface area contributed by atoms with Crippen molar-refractivity contribution in [3.63, 3.8) is 0 Å². The van der Waals surface area contributed by atoms with Crippen LogP contribution in [0.25, 0.3) is 0 Å². The molecule has 0 aromatic heterocycles. The molecule has 3 heteroatoms. The normalized spacial score (nSPS) is 17.3. The first kappa shape index (κ1) is 11.2. The Hall–Kier alpha value is -1.25. The van der Waals surface area contributed by atoms with Crippen molar-refractivity contribution in [2.45, 2.75) is 32.1 Å². The highest BCUT2D eigenvalue weighted by Gasteiger charge is 2.15. The second kappa shape index (κ2) is 5.19. The summed E-state index contributed by atoms with van der Waals surface area (Å²) in [6, 6.07) is 3.78. The van der Waals surface area contributed by atoms with E-state index in [1.165, 1.54) is 50.3 Å².